The molecule has 0 saturated heterocycles. The maximum absolute atomic E-state index is 6.41. The molecule has 2 aliphatic rings. The van der Waals surface area contributed by atoms with Gasteiger partial charge in [-0.2, -0.15) is 5.10 Å². The largest absolute Gasteiger partial charge is 0.491 e. The van der Waals surface area contributed by atoms with Crippen molar-refractivity contribution in [3.05, 3.63) is 92.9 Å². The van der Waals surface area contributed by atoms with Crippen LogP contribution in [0.15, 0.2) is 76.3 Å². The summed E-state index contributed by atoms with van der Waals surface area (Å²) in [5, 5.41) is 7.79. The Balaban J connectivity index is 1.52. The van der Waals surface area contributed by atoms with E-state index in [4.69, 9.17) is 26.2 Å². The molecule has 2 heterocycles. The molecule has 158 valence electrons. The van der Waals surface area contributed by atoms with Gasteiger partial charge in [-0.3, -0.25) is 0 Å². The number of hydrogen-bond donors (Lipinski definition) is 0. The predicted octanol–water partition coefficient (Wildman–Crippen LogP) is 7.13. The van der Waals surface area contributed by atoms with Crippen LogP contribution in [0.5, 0.6) is 11.5 Å². The van der Waals surface area contributed by atoms with Gasteiger partial charge in [-0.15, -0.1) is 0 Å². The van der Waals surface area contributed by atoms with Crippen LogP contribution in [-0.2, 0) is 0 Å². The molecular weight excluding hydrogens is 476 g/mol. The van der Waals surface area contributed by atoms with E-state index in [0.29, 0.717) is 5.02 Å². The third kappa shape index (κ3) is 4.04. The third-order valence-corrected chi connectivity index (χ3v) is 6.21. The van der Waals surface area contributed by atoms with Gasteiger partial charge in [0.15, 0.2) is 0 Å². The molecule has 0 spiro atoms. The van der Waals surface area contributed by atoms with Crippen molar-refractivity contribution in [3.63, 3.8) is 0 Å². The first-order chi connectivity index (χ1) is 15.0. The summed E-state index contributed by atoms with van der Waals surface area (Å²) in [5.74, 6) is 1.76. The van der Waals surface area contributed by atoms with Gasteiger partial charge in [-0.25, -0.2) is 5.01 Å². The minimum Gasteiger partial charge on any atom is -0.491 e. The normalized spacial score (nSPS) is 19.5. The Morgan fingerprint density at radius 3 is 2.52 bits per heavy atom. The molecule has 0 saturated carbocycles. The van der Waals surface area contributed by atoms with Crippen molar-refractivity contribution in [2.45, 2.75) is 38.6 Å². The molecule has 0 radical (unpaired) electrons. The topological polar surface area (TPSA) is 34.1 Å². The van der Waals surface area contributed by atoms with Crippen LogP contribution in [0.4, 0.5) is 0 Å². The van der Waals surface area contributed by atoms with Crippen molar-refractivity contribution in [1.82, 2.24) is 5.01 Å². The molecule has 6 heteroatoms. The maximum atomic E-state index is 6.41. The zero-order valence-electron chi connectivity index (χ0n) is 17.3. The van der Waals surface area contributed by atoms with E-state index in [2.05, 4.69) is 39.1 Å². The van der Waals surface area contributed by atoms with Crippen LogP contribution >= 0.6 is 27.5 Å². The summed E-state index contributed by atoms with van der Waals surface area (Å²) in [5.41, 5.74) is 4.29. The Morgan fingerprint density at radius 2 is 1.81 bits per heavy atom. The molecule has 0 aromatic heterocycles. The van der Waals surface area contributed by atoms with E-state index in [1.165, 1.54) is 0 Å². The fourth-order valence-electron chi connectivity index (χ4n) is 4.08. The molecule has 2 atom stereocenters. The quantitative estimate of drug-likeness (QED) is 0.384. The number of halogens is 2. The highest BCUT2D eigenvalue weighted by Gasteiger charge is 2.41. The summed E-state index contributed by atoms with van der Waals surface area (Å²) in [4.78, 5) is 0. The van der Waals surface area contributed by atoms with Crippen LogP contribution in [0, 0.1) is 0 Å². The zero-order chi connectivity index (χ0) is 21.5. The first kappa shape index (κ1) is 20.4. The second-order valence-corrected chi connectivity index (χ2v) is 9.39. The van der Waals surface area contributed by atoms with E-state index in [9.17, 15) is 0 Å². The van der Waals surface area contributed by atoms with Gasteiger partial charge in [-0.05, 0) is 74.0 Å². The molecule has 4 nitrogen and oxygen atoms in total. The minimum absolute atomic E-state index is 0.100. The Morgan fingerprint density at radius 1 is 1.06 bits per heavy atom. The number of nitrogens with zero attached hydrogens (tertiary/aromatic N) is 2. The Labute approximate surface area is 195 Å². The number of ether oxygens (including phenoxy) is 2. The fraction of sp³-hybridized carbons (Fsp3) is 0.240. The van der Waals surface area contributed by atoms with Crippen molar-refractivity contribution in [2.24, 2.45) is 5.10 Å². The first-order valence-corrected chi connectivity index (χ1v) is 11.5. The summed E-state index contributed by atoms with van der Waals surface area (Å²) < 4.78 is 13.2. The molecule has 0 bridgehead atoms. The van der Waals surface area contributed by atoms with E-state index in [-0.39, 0.29) is 18.4 Å². The van der Waals surface area contributed by atoms with Crippen molar-refractivity contribution >= 4 is 33.2 Å². The van der Waals surface area contributed by atoms with E-state index in [0.717, 1.165) is 44.8 Å². The predicted molar refractivity (Wildman–Crippen MR) is 127 cm³/mol. The highest BCUT2D eigenvalue weighted by Crippen LogP contribution is 2.48. The summed E-state index contributed by atoms with van der Waals surface area (Å²) in [6.45, 7) is 4.05. The molecule has 2 aliphatic heterocycles. The molecule has 0 unspecified atom stereocenters. The van der Waals surface area contributed by atoms with Gasteiger partial charge in [0.05, 0.1) is 17.9 Å². The highest BCUT2D eigenvalue weighted by molar-refractivity contribution is 9.10. The Hall–Kier alpha value is -2.50. The number of benzene rings is 3. The lowest BCUT2D eigenvalue weighted by Crippen LogP contribution is -2.33. The number of hydrogen-bond acceptors (Lipinski definition) is 4. The highest BCUT2D eigenvalue weighted by atomic mass is 79.9. The van der Waals surface area contributed by atoms with Crippen molar-refractivity contribution in [3.8, 4) is 11.5 Å². The summed E-state index contributed by atoms with van der Waals surface area (Å²) in [6.07, 6.45) is 0.647. The summed E-state index contributed by atoms with van der Waals surface area (Å²) in [6, 6.07) is 22.2. The van der Waals surface area contributed by atoms with Crippen LogP contribution in [0.3, 0.4) is 0 Å². The summed E-state index contributed by atoms with van der Waals surface area (Å²) in [7, 11) is 0. The number of rotatable bonds is 4. The van der Waals surface area contributed by atoms with Crippen LogP contribution in [0.1, 0.15) is 49.2 Å². The number of fused-ring (bicyclic) bond motifs is 3. The van der Waals surface area contributed by atoms with Gasteiger partial charge in [0.2, 0.25) is 6.23 Å². The Kier molecular flexibility index (Phi) is 5.40. The van der Waals surface area contributed by atoms with E-state index >= 15 is 0 Å². The SMILES string of the molecule is CC(C)Oc1ccc(C2=NN3[C@H](C2)c2cc(Br)ccc2O[C@H]3c2ccc(Cl)cc2)cc1. The lowest BCUT2D eigenvalue weighted by atomic mass is 9.96. The smallest absolute Gasteiger partial charge is 0.213 e. The monoisotopic (exact) mass is 496 g/mol. The van der Waals surface area contributed by atoms with Crippen LogP contribution in [-0.4, -0.2) is 16.8 Å². The third-order valence-electron chi connectivity index (χ3n) is 5.47. The maximum Gasteiger partial charge on any atom is 0.213 e. The number of hydrazone groups is 1. The van der Waals surface area contributed by atoms with E-state index in [1.54, 1.807) is 0 Å². The van der Waals surface area contributed by atoms with Crippen molar-refractivity contribution in [1.29, 1.82) is 0 Å². The van der Waals surface area contributed by atoms with Crippen LogP contribution in [0.25, 0.3) is 0 Å². The fourth-order valence-corrected chi connectivity index (χ4v) is 4.58. The molecule has 0 amide bonds. The lowest BCUT2D eigenvalue weighted by molar-refractivity contribution is -0.0190. The molecule has 0 aliphatic carbocycles. The lowest BCUT2D eigenvalue weighted by Gasteiger charge is -2.38. The zero-order valence-corrected chi connectivity index (χ0v) is 19.6. The van der Waals surface area contributed by atoms with Gasteiger partial charge in [0, 0.05) is 27.0 Å². The van der Waals surface area contributed by atoms with Crippen molar-refractivity contribution < 1.29 is 9.47 Å². The molecule has 5 rings (SSSR count). The summed E-state index contributed by atoms with van der Waals surface area (Å²) >= 11 is 9.71. The standard InChI is InChI=1S/C25H22BrClN2O2/c1-15(2)30-20-10-5-16(6-11-20)22-14-23-21-13-18(26)7-12-24(21)31-25(29(23)28-22)17-3-8-19(27)9-4-17/h3-13,15,23,25H,14H2,1-2H3/t23-,25+/m1/s1. The average molecular weight is 498 g/mol. The molecule has 0 fully saturated rings. The van der Waals surface area contributed by atoms with Gasteiger partial charge < -0.3 is 9.47 Å². The molecule has 0 N–H and O–H groups in total. The molecule has 3 aromatic rings. The second-order valence-electron chi connectivity index (χ2n) is 8.04. The molecular formula is C25H22BrClN2O2. The average Bonchev–Trinajstić information content (AvgIpc) is 3.20. The first-order valence-electron chi connectivity index (χ1n) is 10.3. The van der Waals surface area contributed by atoms with Crippen molar-refractivity contribution in [2.75, 3.05) is 0 Å². The van der Waals surface area contributed by atoms with E-state index in [1.807, 2.05) is 62.4 Å². The van der Waals surface area contributed by atoms with Gasteiger partial charge in [0.1, 0.15) is 11.5 Å². The minimum atomic E-state index is -0.308. The van der Waals surface area contributed by atoms with Gasteiger partial charge >= 0.3 is 0 Å². The molecule has 3 aromatic carbocycles. The van der Waals surface area contributed by atoms with Crippen LogP contribution < -0.4 is 9.47 Å². The van der Waals surface area contributed by atoms with Crippen LogP contribution in [0.2, 0.25) is 5.02 Å². The molecule has 31 heavy (non-hydrogen) atoms. The van der Waals surface area contributed by atoms with E-state index < -0.39 is 0 Å². The van der Waals surface area contributed by atoms with Gasteiger partial charge in [0.25, 0.3) is 0 Å². The second kappa shape index (κ2) is 8.21. The van der Waals surface area contributed by atoms with Gasteiger partial charge in [-0.1, -0.05) is 39.7 Å². The Bertz CT molecular complexity index is 1130.